The molecule has 1 amide bonds. The third-order valence-electron chi connectivity index (χ3n) is 2.48. The molecule has 0 rings (SSSR count). The average Bonchev–Trinajstić information content (AvgIpc) is 2.35. The molecule has 0 saturated heterocycles. The van der Waals surface area contributed by atoms with E-state index in [2.05, 4.69) is 10.1 Å². The van der Waals surface area contributed by atoms with Crippen LogP contribution in [0.3, 0.4) is 0 Å². The largest absolute Gasteiger partial charge is 0.466 e. The van der Waals surface area contributed by atoms with Gasteiger partial charge in [0, 0.05) is 32.1 Å². The number of hydrogen-bond donors (Lipinski definition) is 1. The molecule has 17 heavy (non-hydrogen) atoms. The number of nitrogens with zero attached hydrogens (tertiary/aromatic N) is 1. The van der Waals surface area contributed by atoms with Crippen molar-refractivity contribution in [2.45, 2.75) is 19.8 Å². The molecule has 0 radical (unpaired) electrons. The summed E-state index contributed by atoms with van der Waals surface area (Å²) in [5, 5.41) is 2.57. The summed E-state index contributed by atoms with van der Waals surface area (Å²) in [5.74, 6) is -0.267. The number of likely N-dealkylation sites (N-methyl/N-ethyl adjacent to an activating group) is 1. The van der Waals surface area contributed by atoms with Crippen molar-refractivity contribution in [3.05, 3.63) is 11.6 Å². The molecule has 5 nitrogen and oxygen atoms in total. The van der Waals surface area contributed by atoms with Gasteiger partial charge in [-0.25, -0.2) is 4.79 Å². The van der Waals surface area contributed by atoms with Crippen molar-refractivity contribution in [3.63, 3.8) is 0 Å². The Kier molecular flexibility index (Phi) is 8.05. The maximum atomic E-state index is 11.3. The van der Waals surface area contributed by atoms with Crippen LogP contribution >= 0.6 is 0 Å². The van der Waals surface area contributed by atoms with Gasteiger partial charge >= 0.3 is 5.97 Å². The molecule has 0 aliphatic heterocycles. The highest BCUT2D eigenvalue weighted by Crippen LogP contribution is 2.03. The van der Waals surface area contributed by atoms with E-state index in [9.17, 15) is 9.59 Å². The van der Waals surface area contributed by atoms with E-state index in [-0.39, 0.29) is 11.9 Å². The van der Waals surface area contributed by atoms with Crippen molar-refractivity contribution >= 4 is 11.9 Å². The Morgan fingerprint density at radius 2 is 2.06 bits per heavy atom. The summed E-state index contributed by atoms with van der Waals surface area (Å²) in [4.78, 5) is 24.3. The van der Waals surface area contributed by atoms with Crippen LogP contribution in [0.5, 0.6) is 0 Å². The molecule has 0 aromatic heterocycles. The third-order valence-corrected chi connectivity index (χ3v) is 2.48. The van der Waals surface area contributed by atoms with Crippen molar-refractivity contribution < 1.29 is 14.3 Å². The van der Waals surface area contributed by atoms with Gasteiger partial charge < -0.3 is 15.0 Å². The predicted molar refractivity (Wildman–Crippen MR) is 66.6 cm³/mol. The Morgan fingerprint density at radius 3 is 2.53 bits per heavy atom. The van der Waals surface area contributed by atoms with Gasteiger partial charge in [-0.2, -0.15) is 0 Å². The van der Waals surface area contributed by atoms with Gasteiger partial charge in [0.15, 0.2) is 0 Å². The van der Waals surface area contributed by atoms with Crippen LogP contribution in [0.15, 0.2) is 11.6 Å². The Labute approximate surface area is 103 Å². The number of hydrogen-bond acceptors (Lipinski definition) is 4. The fourth-order valence-corrected chi connectivity index (χ4v) is 1.28. The van der Waals surface area contributed by atoms with Crippen LogP contribution in [0.4, 0.5) is 0 Å². The van der Waals surface area contributed by atoms with Crippen LogP contribution in [0, 0.1) is 0 Å². The molecule has 1 N–H and O–H groups in total. The van der Waals surface area contributed by atoms with Gasteiger partial charge in [-0.05, 0) is 13.5 Å². The Balaban J connectivity index is 4.10. The molecule has 0 aromatic carbocycles. The van der Waals surface area contributed by atoms with Crippen LogP contribution in [0.2, 0.25) is 0 Å². The number of carbonyl (C=O) groups is 2. The van der Waals surface area contributed by atoms with Gasteiger partial charge in [-0.1, -0.05) is 13.0 Å². The van der Waals surface area contributed by atoms with E-state index in [0.29, 0.717) is 31.5 Å². The van der Waals surface area contributed by atoms with Gasteiger partial charge in [-0.3, -0.25) is 4.79 Å². The highest BCUT2D eigenvalue weighted by atomic mass is 16.5. The fourth-order valence-electron chi connectivity index (χ4n) is 1.28. The molecule has 0 bridgehead atoms. The van der Waals surface area contributed by atoms with Gasteiger partial charge in [0.25, 0.3) is 0 Å². The zero-order chi connectivity index (χ0) is 13.3. The summed E-state index contributed by atoms with van der Waals surface area (Å²) in [7, 11) is 4.90. The third kappa shape index (κ3) is 6.73. The summed E-state index contributed by atoms with van der Waals surface area (Å²) < 4.78 is 4.66. The summed E-state index contributed by atoms with van der Waals surface area (Å²) in [6.45, 7) is 3.21. The normalized spacial score (nSPS) is 11.5. The molecule has 0 aromatic rings. The minimum atomic E-state index is -0.285. The van der Waals surface area contributed by atoms with Crippen molar-refractivity contribution in [2.24, 2.45) is 0 Å². The lowest BCUT2D eigenvalue weighted by Crippen LogP contribution is -2.27. The molecular formula is C12H22N2O3. The predicted octanol–water partition coefficient (Wildman–Crippen LogP) is 0.564. The second kappa shape index (κ2) is 8.75. The fraction of sp³-hybridized carbons (Fsp3) is 0.667. The molecule has 0 aliphatic carbocycles. The number of rotatable bonds is 7. The second-order valence-electron chi connectivity index (χ2n) is 3.76. The highest BCUT2D eigenvalue weighted by Gasteiger charge is 2.07. The molecule has 0 heterocycles. The highest BCUT2D eigenvalue weighted by molar-refractivity contribution is 5.88. The van der Waals surface area contributed by atoms with E-state index >= 15 is 0 Å². The summed E-state index contributed by atoms with van der Waals surface area (Å²) in [6, 6.07) is 0. The second-order valence-corrected chi connectivity index (χ2v) is 3.76. The Hall–Kier alpha value is -1.36. The first-order chi connectivity index (χ1) is 8.04. The van der Waals surface area contributed by atoms with Crippen LogP contribution in [-0.2, 0) is 14.3 Å². The van der Waals surface area contributed by atoms with Crippen molar-refractivity contribution in [1.29, 1.82) is 0 Å². The standard InChI is InChI=1S/C12H22N2O3/c1-5-10(12(16)17-4)6-8-14(3)9-7-11(15)13-2/h6H,5,7-9H2,1-4H3,(H,13,15). The average molecular weight is 242 g/mol. The SMILES string of the molecule is CCC(=CCN(C)CCC(=O)NC)C(=O)OC. The van der Waals surface area contributed by atoms with E-state index < -0.39 is 0 Å². The number of amides is 1. The van der Waals surface area contributed by atoms with Crippen molar-refractivity contribution in [2.75, 3.05) is 34.3 Å². The van der Waals surface area contributed by atoms with E-state index in [1.54, 1.807) is 7.05 Å². The minimum Gasteiger partial charge on any atom is -0.466 e. The lowest BCUT2D eigenvalue weighted by atomic mass is 10.2. The lowest BCUT2D eigenvalue weighted by Gasteiger charge is -2.14. The molecule has 98 valence electrons. The summed E-state index contributed by atoms with van der Waals surface area (Å²) in [6.07, 6.45) is 2.95. The number of nitrogens with one attached hydrogen (secondary N) is 1. The van der Waals surface area contributed by atoms with Crippen LogP contribution in [0.25, 0.3) is 0 Å². The Bertz CT molecular complexity index is 287. The number of esters is 1. The van der Waals surface area contributed by atoms with E-state index in [1.165, 1.54) is 7.11 Å². The van der Waals surface area contributed by atoms with Crippen LogP contribution in [0.1, 0.15) is 19.8 Å². The number of ether oxygens (including phenoxy) is 1. The summed E-state index contributed by atoms with van der Waals surface area (Å²) in [5.41, 5.74) is 0.666. The first-order valence-corrected chi connectivity index (χ1v) is 5.71. The van der Waals surface area contributed by atoms with E-state index in [1.807, 2.05) is 24.9 Å². The maximum Gasteiger partial charge on any atom is 0.333 e. The van der Waals surface area contributed by atoms with E-state index in [4.69, 9.17) is 0 Å². The van der Waals surface area contributed by atoms with Crippen molar-refractivity contribution in [3.8, 4) is 0 Å². The van der Waals surface area contributed by atoms with Crippen LogP contribution < -0.4 is 5.32 Å². The first kappa shape index (κ1) is 15.6. The smallest absolute Gasteiger partial charge is 0.333 e. The van der Waals surface area contributed by atoms with Gasteiger partial charge in [0.1, 0.15) is 0 Å². The molecular weight excluding hydrogens is 220 g/mol. The molecule has 0 spiro atoms. The monoisotopic (exact) mass is 242 g/mol. The first-order valence-electron chi connectivity index (χ1n) is 5.71. The topological polar surface area (TPSA) is 58.6 Å². The molecule has 5 heteroatoms. The molecule has 0 fully saturated rings. The number of carbonyl (C=O) groups excluding carboxylic acids is 2. The Morgan fingerprint density at radius 1 is 1.41 bits per heavy atom. The minimum absolute atomic E-state index is 0.0181. The summed E-state index contributed by atoms with van der Waals surface area (Å²) >= 11 is 0. The zero-order valence-corrected chi connectivity index (χ0v) is 11.1. The van der Waals surface area contributed by atoms with Crippen molar-refractivity contribution in [1.82, 2.24) is 10.2 Å². The molecule has 0 saturated carbocycles. The lowest BCUT2D eigenvalue weighted by molar-refractivity contribution is -0.136. The quantitative estimate of drug-likeness (QED) is 0.523. The molecule has 0 unspecified atom stereocenters. The maximum absolute atomic E-state index is 11.3. The molecule has 0 aliphatic rings. The van der Waals surface area contributed by atoms with E-state index in [0.717, 1.165) is 0 Å². The van der Waals surface area contributed by atoms with Gasteiger partial charge in [0.05, 0.1) is 7.11 Å². The van der Waals surface area contributed by atoms with Gasteiger partial charge in [0.2, 0.25) is 5.91 Å². The van der Waals surface area contributed by atoms with Gasteiger partial charge in [-0.15, -0.1) is 0 Å². The van der Waals surface area contributed by atoms with Crippen LogP contribution in [-0.4, -0.2) is 51.1 Å². The molecule has 0 atom stereocenters. The zero-order valence-electron chi connectivity index (χ0n) is 11.1. The number of methoxy groups -OCH3 is 1.